The molecule has 1 heterocycles. The van der Waals surface area contributed by atoms with E-state index in [0.717, 1.165) is 11.8 Å². The van der Waals surface area contributed by atoms with Crippen molar-refractivity contribution in [1.82, 2.24) is 9.97 Å². The molecular formula is C16H16Cl2N4O3S. The highest BCUT2D eigenvalue weighted by Crippen LogP contribution is 2.27. The van der Waals surface area contributed by atoms with Gasteiger partial charge in [0.05, 0.1) is 22.6 Å². The van der Waals surface area contributed by atoms with Crippen LogP contribution < -0.4 is 11.1 Å². The van der Waals surface area contributed by atoms with Crippen molar-refractivity contribution in [3.8, 4) is 0 Å². The van der Waals surface area contributed by atoms with Gasteiger partial charge >= 0.3 is 5.97 Å². The summed E-state index contributed by atoms with van der Waals surface area (Å²) in [6.45, 7) is 3.58. The number of rotatable bonds is 6. The molecule has 0 spiro atoms. The average molecular weight is 415 g/mol. The Bertz CT molecular complexity index is 835. The third-order valence-corrected chi connectivity index (χ3v) is 4.67. The van der Waals surface area contributed by atoms with Gasteiger partial charge in [-0.15, -0.1) is 0 Å². The first kappa shape index (κ1) is 20.3. The monoisotopic (exact) mass is 414 g/mol. The lowest BCUT2D eigenvalue weighted by atomic mass is 10.3. The van der Waals surface area contributed by atoms with Crippen LogP contribution in [0.15, 0.2) is 29.6 Å². The minimum absolute atomic E-state index is 0.00792. The normalized spacial score (nSPS) is 11.7. The number of carbonyl (C=O) groups is 2. The van der Waals surface area contributed by atoms with Crippen molar-refractivity contribution < 1.29 is 14.3 Å². The summed E-state index contributed by atoms with van der Waals surface area (Å²) in [4.78, 5) is 32.1. The Balaban J connectivity index is 2.05. The second-order valence-electron chi connectivity index (χ2n) is 5.05. The Morgan fingerprint density at radius 3 is 2.77 bits per heavy atom. The molecule has 10 heteroatoms. The fraction of sp³-hybridized carbons (Fsp3) is 0.250. The van der Waals surface area contributed by atoms with Crippen LogP contribution in [0.2, 0.25) is 10.0 Å². The molecule has 2 rings (SSSR count). The Morgan fingerprint density at radius 2 is 2.12 bits per heavy atom. The van der Waals surface area contributed by atoms with Crippen LogP contribution in [0.1, 0.15) is 24.2 Å². The molecule has 0 saturated heterocycles. The lowest BCUT2D eigenvalue weighted by Crippen LogP contribution is -2.23. The zero-order valence-corrected chi connectivity index (χ0v) is 16.3. The van der Waals surface area contributed by atoms with E-state index in [4.69, 9.17) is 33.7 Å². The smallest absolute Gasteiger partial charge is 0.343 e. The molecule has 0 aliphatic rings. The highest BCUT2D eigenvalue weighted by molar-refractivity contribution is 8.00. The molecule has 1 aromatic carbocycles. The molecule has 26 heavy (non-hydrogen) atoms. The van der Waals surface area contributed by atoms with Crippen LogP contribution in [0.3, 0.4) is 0 Å². The molecule has 0 aliphatic heterocycles. The van der Waals surface area contributed by atoms with Crippen LogP contribution >= 0.6 is 35.0 Å². The quantitative estimate of drug-likeness (QED) is 0.421. The first-order chi connectivity index (χ1) is 12.3. The van der Waals surface area contributed by atoms with Crippen molar-refractivity contribution in [2.24, 2.45) is 0 Å². The molecule has 1 aromatic heterocycles. The first-order valence-electron chi connectivity index (χ1n) is 7.54. The van der Waals surface area contributed by atoms with Crippen molar-refractivity contribution >= 4 is 58.3 Å². The molecule has 0 aliphatic carbocycles. The standard InChI is InChI=1S/C16H16Cl2N4O3S/c1-3-25-15(24)10-7-20-16(22-13(10)19)26-8(2)14(23)21-12-6-9(17)4-5-11(12)18/h4-8H,3H2,1-2H3,(H,21,23)(H2,19,20,22). The van der Waals surface area contributed by atoms with Gasteiger partial charge in [0.1, 0.15) is 11.4 Å². The molecule has 1 atom stereocenters. The van der Waals surface area contributed by atoms with E-state index in [9.17, 15) is 9.59 Å². The van der Waals surface area contributed by atoms with Gasteiger partial charge in [-0.2, -0.15) is 0 Å². The van der Waals surface area contributed by atoms with Gasteiger partial charge in [-0.25, -0.2) is 14.8 Å². The number of amides is 1. The predicted molar refractivity (Wildman–Crippen MR) is 103 cm³/mol. The first-order valence-corrected chi connectivity index (χ1v) is 9.17. The number of aromatic nitrogens is 2. The molecule has 0 fully saturated rings. The highest BCUT2D eigenvalue weighted by atomic mass is 35.5. The number of ether oxygens (including phenoxy) is 1. The van der Waals surface area contributed by atoms with E-state index in [-0.39, 0.29) is 29.1 Å². The number of nitrogens with two attached hydrogens (primary N) is 1. The maximum Gasteiger partial charge on any atom is 0.343 e. The van der Waals surface area contributed by atoms with E-state index in [1.165, 1.54) is 6.20 Å². The summed E-state index contributed by atoms with van der Waals surface area (Å²) in [5.74, 6) is -0.912. The molecule has 7 nitrogen and oxygen atoms in total. The second-order valence-corrected chi connectivity index (χ2v) is 7.20. The SMILES string of the molecule is CCOC(=O)c1cnc(SC(C)C(=O)Nc2cc(Cl)ccc2Cl)nc1N. The van der Waals surface area contributed by atoms with E-state index >= 15 is 0 Å². The molecule has 1 amide bonds. The minimum atomic E-state index is -0.595. The summed E-state index contributed by atoms with van der Waals surface area (Å²) < 4.78 is 4.86. The molecule has 0 saturated carbocycles. The summed E-state index contributed by atoms with van der Waals surface area (Å²) in [6, 6.07) is 4.77. The highest BCUT2D eigenvalue weighted by Gasteiger charge is 2.19. The fourth-order valence-electron chi connectivity index (χ4n) is 1.84. The summed E-state index contributed by atoms with van der Waals surface area (Å²) in [5, 5.41) is 3.24. The van der Waals surface area contributed by atoms with E-state index in [1.807, 2.05) is 0 Å². The number of anilines is 2. The zero-order chi connectivity index (χ0) is 19.3. The van der Waals surface area contributed by atoms with Crippen molar-refractivity contribution in [1.29, 1.82) is 0 Å². The summed E-state index contributed by atoms with van der Waals surface area (Å²) >= 11 is 13.0. The van der Waals surface area contributed by atoms with Crippen LogP contribution in [0.25, 0.3) is 0 Å². The van der Waals surface area contributed by atoms with Crippen LogP contribution in [-0.4, -0.2) is 33.7 Å². The van der Waals surface area contributed by atoms with Crippen molar-refractivity contribution in [3.63, 3.8) is 0 Å². The summed E-state index contributed by atoms with van der Waals surface area (Å²) in [7, 11) is 0. The largest absolute Gasteiger partial charge is 0.462 e. The lowest BCUT2D eigenvalue weighted by Gasteiger charge is -2.13. The minimum Gasteiger partial charge on any atom is -0.462 e. The number of esters is 1. The van der Waals surface area contributed by atoms with E-state index in [0.29, 0.717) is 15.7 Å². The number of halogens is 2. The number of nitrogen functional groups attached to an aromatic ring is 1. The van der Waals surface area contributed by atoms with E-state index < -0.39 is 11.2 Å². The van der Waals surface area contributed by atoms with Gasteiger partial charge in [0.2, 0.25) is 5.91 Å². The molecule has 0 bridgehead atoms. The Hall–Kier alpha value is -2.03. The van der Waals surface area contributed by atoms with E-state index in [1.54, 1.807) is 32.0 Å². The number of nitrogens with one attached hydrogen (secondary N) is 1. The van der Waals surface area contributed by atoms with Crippen molar-refractivity contribution in [2.45, 2.75) is 24.3 Å². The maximum absolute atomic E-state index is 12.3. The number of carbonyl (C=O) groups excluding carboxylic acids is 2. The molecular weight excluding hydrogens is 399 g/mol. The third kappa shape index (κ3) is 5.23. The number of benzene rings is 1. The van der Waals surface area contributed by atoms with Crippen LogP contribution in [0.4, 0.5) is 11.5 Å². The average Bonchev–Trinajstić information content (AvgIpc) is 2.58. The Labute approximate surface area is 164 Å². The van der Waals surface area contributed by atoms with Gasteiger partial charge in [0.25, 0.3) is 0 Å². The Morgan fingerprint density at radius 1 is 1.38 bits per heavy atom. The van der Waals surface area contributed by atoms with Crippen LogP contribution in [0.5, 0.6) is 0 Å². The third-order valence-electron chi connectivity index (χ3n) is 3.13. The van der Waals surface area contributed by atoms with Gasteiger partial charge in [-0.1, -0.05) is 35.0 Å². The number of hydrogen-bond acceptors (Lipinski definition) is 7. The van der Waals surface area contributed by atoms with Crippen molar-refractivity contribution in [3.05, 3.63) is 40.0 Å². The van der Waals surface area contributed by atoms with Gasteiger partial charge in [-0.3, -0.25) is 4.79 Å². The molecule has 1 unspecified atom stereocenters. The zero-order valence-electron chi connectivity index (χ0n) is 14.0. The van der Waals surface area contributed by atoms with Crippen LogP contribution in [0, 0.1) is 0 Å². The predicted octanol–water partition coefficient (Wildman–Crippen LogP) is 3.66. The second kappa shape index (κ2) is 9.07. The Kier molecular flexibility index (Phi) is 7.07. The fourth-order valence-corrected chi connectivity index (χ4v) is 2.92. The van der Waals surface area contributed by atoms with E-state index in [2.05, 4.69) is 15.3 Å². The molecule has 3 N–H and O–H groups in total. The summed E-state index contributed by atoms with van der Waals surface area (Å²) in [5.41, 5.74) is 6.26. The van der Waals surface area contributed by atoms with Gasteiger partial charge in [0, 0.05) is 11.2 Å². The van der Waals surface area contributed by atoms with Gasteiger partial charge in [-0.05, 0) is 32.0 Å². The lowest BCUT2D eigenvalue weighted by molar-refractivity contribution is -0.115. The number of thioether (sulfide) groups is 1. The van der Waals surface area contributed by atoms with Crippen molar-refractivity contribution in [2.75, 3.05) is 17.7 Å². The topological polar surface area (TPSA) is 107 Å². The molecule has 2 aromatic rings. The number of nitrogens with zero attached hydrogens (tertiary/aromatic N) is 2. The molecule has 0 radical (unpaired) electrons. The van der Waals surface area contributed by atoms with Crippen LogP contribution in [-0.2, 0) is 9.53 Å². The maximum atomic E-state index is 12.3. The molecule has 138 valence electrons. The number of hydrogen-bond donors (Lipinski definition) is 2. The van der Waals surface area contributed by atoms with Gasteiger partial charge in [0.15, 0.2) is 5.16 Å². The summed E-state index contributed by atoms with van der Waals surface area (Å²) in [6.07, 6.45) is 1.28. The van der Waals surface area contributed by atoms with Gasteiger partial charge < -0.3 is 15.8 Å².